The Morgan fingerprint density at radius 2 is 1.06 bits per heavy atom. The Morgan fingerprint density at radius 1 is 0.594 bits per heavy atom. The Kier molecular flexibility index (Phi) is 8.46. The topological polar surface area (TPSA) is 47.9 Å². The van der Waals surface area contributed by atoms with E-state index in [1.165, 1.54) is 0 Å². The molecule has 4 rings (SSSR count). The molecule has 1 saturated carbocycles. The zero-order valence-corrected chi connectivity index (χ0v) is 18.4. The van der Waals surface area contributed by atoms with Gasteiger partial charge in [-0.3, -0.25) is 0 Å². The number of rotatable bonds is 10. The Labute approximate surface area is 190 Å². The Hall–Kier alpha value is -2.50. The SMILES string of the molecule is O[C@H]1CC[C@H](COCc2ccccc2)[C@H](OCc2ccccc2)[C@@H]1OCc1ccccc1. The zero-order chi connectivity index (χ0) is 22.0. The van der Waals surface area contributed by atoms with Crippen LogP contribution in [0.4, 0.5) is 0 Å². The van der Waals surface area contributed by atoms with E-state index in [-0.39, 0.29) is 12.0 Å². The van der Waals surface area contributed by atoms with Crippen LogP contribution in [0.15, 0.2) is 91.0 Å². The third-order valence-electron chi connectivity index (χ3n) is 6.01. The van der Waals surface area contributed by atoms with Crippen molar-refractivity contribution in [3.8, 4) is 0 Å². The molecule has 0 heterocycles. The minimum Gasteiger partial charge on any atom is -0.390 e. The molecule has 0 radical (unpaired) electrons. The van der Waals surface area contributed by atoms with Gasteiger partial charge in [-0.05, 0) is 29.5 Å². The number of ether oxygens (including phenoxy) is 3. The van der Waals surface area contributed by atoms with Crippen LogP contribution in [0.1, 0.15) is 29.5 Å². The second-order valence-electron chi connectivity index (χ2n) is 8.43. The van der Waals surface area contributed by atoms with Gasteiger partial charge < -0.3 is 19.3 Å². The van der Waals surface area contributed by atoms with Crippen LogP contribution in [0, 0.1) is 5.92 Å². The Bertz CT molecular complexity index is 900. The summed E-state index contributed by atoms with van der Waals surface area (Å²) in [5, 5.41) is 10.8. The Morgan fingerprint density at radius 3 is 1.59 bits per heavy atom. The fourth-order valence-corrected chi connectivity index (χ4v) is 4.25. The maximum absolute atomic E-state index is 10.8. The van der Waals surface area contributed by atoms with E-state index in [0.29, 0.717) is 32.8 Å². The fourth-order valence-electron chi connectivity index (χ4n) is 4.25. The summed E-state index contributed by atoms with van der Waals surface area (Å²) < 4.78 is 18.7. The number of hydrogen-bond donors (Lipinski definition) is 1. The lowest BCUT2D eigenvalue weighted by atomic mass is 9.82. The molecule has 1 N–H and O–H groups in total. The largest absolute Gasteiger partial charge is 0.390 e. The number of benzene rings is 3. The van der Waals surface area contributed by atoms with Gasteiger partial charge in [-0.15, -0.1) is 0 Å². The predicted molar refractivity (Wildman–Crippen MR) is 125 cm³/mol. The maximum Gasteiger partial charge on any atom is 0.110 e. The van der Waals surface area contributed by atoms with Crippen LogP contribution in [-0.2, 0) is 34.0 Å². The van der Waals surface area contributed by atoms with Gasteiger partial charge in [-0.1, -0.05) is 91.0 Å². The average molecular weight is 433 g/mol. The van der Waals surface area contributed by atoms with Gasteiger partial charge in [0, 0.05) is 5.92 Å². The first-order chi connectivity index (χ1) is 15.8. The smallest absolute Gasteiger partial charge is 0.110 e. The molecular formula is C28H32O4. The molecule has 0 bridgehead atoms. The van der Waals surface area contributed by atoms with E-state index < -0.39 is 12.2 Å². The summed E-state index contributed by atoms with van der Waals surface area (Å²) in [6.45, 7) is 2.08. The predicted octanol–water partition coefficient (Wildman–Crippen LogP) is 5.14. The zero-order valence-electron chi connectivity index (χ0n) is 18.4. The van der Waals surface area contributed by atoms with Crippen LogP contribution in [0.2, 0.25) is 0 Å². The van der Waals surface area contributed by atoms with Crippen molar-refractivity contribution in [2.45, 2.75) is 51.0 Å². The molecule has 32 heavy (non-hydrogen) atoms. The average Bonchev–Trinajstić information content (AvgIpc) is 2.85. The first-order valence-electron chi connectivity index (χ1n) is 11.4. The molecule has 1 fully saturated rings. The van der Waals surface area contributed by atoms with Crippen LogP contribution >= 0.6 is 0 Å². The van der Waals surface area contributed by atoms with Crippen molar-refractivity contribution >= 4 is 0 Å². The van der Waals surface area contributed by atoms with E-state index in [1.807, 2.05) is 66.7 Å². The van der Waals surface area contributed by atoms with Crippen molar-refractivity contribution in [1.29, 1.82) is 0 Å². The lowest BCUT2D eigenvalue weighted by molar-refractivity contribution is -0.179. The molecule has 168 valence electrons. The van der Waals surface area contributed by atoms with E-state index in [1.54, 1.807) is 0 Å². The third-order valence-corrected chi connectivity index (χ3v) is 6.01. The summed E-state index contributed by atoms with van der Waals surface area (Å²) in [5.74, 6) is 0.159. The molecule has 0 spiro atoms. The molecule has 3 aromatic rings. The normalized spacial score (nSPS) is 23.2. The molecule has 3 aromatic carbocycles. The molecule has 1 aliphatic rings. The highest BCUT2D eigenvalue weighted by Gasteiger charge is 2.40. The van der Waals surface area contributed by atoms with Crippen molar-refractivity contribution in [1.82, 2.24) is 0 Å². The van der Waals surface area contributed by atoms with Crippen LogP contribution in [0.25, 0.3) is 0 Å². The van der Waals surface area contributed by atoms with Crippen LogP contribution in [0.3, 0.4) is 0 Å². The van der Waals surface area contributed by atoms with E-state index >= 15 is 0 Å². The molecule has 0 amide bonds. The minimum absolute atomic E-state index is 0.159. The standard InChI is InChI=1S/C28H32O4/c29-26-17-16-25(21-30-18-22-10-4-1-5-11-22)27(31-19-23-12-6-2-7-13-23)28(26)32-20-24-14-8-3-9-15-24/h1-15,25-29H,16-21H2/t25-,26+,27+,28-/m1/s1. The number of aliphatic hydroxyl groups is 1. The van der Waals surface area contributed by atoms with Crippen molar-refractivity contribution in [3.63, 3.8) is 0 Å². The van der Waals surface area contributed by atoms with Gasteiger partial charge in [-0.25, -0.2) is 0 Å². The van der Waals surface area contributed by atoms with Crippen molar-refractivity contribution < 1.29 is 19.3 Å². The molecular weight excluding hydrogens is 400 g/mol. The van der Waals surface area contributed by atoms with Gasteiger partial charge in [0.15, 0.2) is 0 Å². The monoisotopic (exact) mass is 432 g/mol. The van der Waals surface area contributed by atoms with Crippen molar-refractivity contribution in [3.05, 3.63) is 108 Å². The van der Waals surface area contributed by atoms with Gasteiger partial charge in [-0.2, -0.15) is 0 Å². The first kappa shape index (κ1) is 22.7. The van der Waals surface area contributed by atoms with Gasteiger partial charge in [0.05, 0.1) is 38.6 Å². The van der Waals surface area contributed by atoms with Crippen LogP contribution in [0.5, 0.6) is 0 Å². The van der Waals surface area contributed by atoms with Gasteiger partial charge >= 0.3 is 0 Å². The van der Waals surface area contributed by atoms with E-state index in [0.717, 1.165) is 23.1 Å². The summed E-state index contributed by atoms with van der Waals surface area (Å²) in [6, 6.07) is 30.4. The van der Waals surface area contributed by atoms with Crippen LogP contribution < -0.4 is 0 Å². The van der Waals surface area contributed by atoms with Crippen molar-refractivity contribution in [2.75, 3.05) is 6.61 Å². The van der Waals surface area contributed by atoms with Crippen molar-refractivity contribution in [2.24, 2.45) is 5.92 Å². The highest BCUT2D eigenvalue weighted by molar-refractivity contribution is 5.15. The number of aliphatic hydroxyl groups excluding tert-OH is 1. The highest BCUT2D eigenvalue weighted by Crippen LogP contribution is 2.31. The maximum atomic E-state index is 10.8. The van der Waals surface area contributed by atoms with Gasteiger partial charge in [0.25, 0.3) is 0 Å². The Balaban J connectivity index is 1.42. The summed E-state index contributed by atoms with van der Waals surface area (Å²) in [6.07, 6.45) is 0.353. The van der Waals surface area contributed by atoms with Gasteiger partial charge in [0.1, 0.15) is 6.10 Å². The first-order valence-corrected chi connectivity index (χ1v) is 11.4. The highest BCUT2D eigenvalue weighted by atomic mass is 16.6. The molecule has 0 unspecified atom stereocenters. The summed E-state index contributed by atoms with van der Waals surface area (Å²) >= 11 is 0. The van der Waals surface area contributed by atoms with Crippen LogP contribution in [-0.4, -0.2) is 30.0 Å². The van der Waals surface area contributed by atoms with Gasteiger partial charge in [0.2, 0.25) is 0 Å². The second-order valence-corrected chi connectivity index (χ2v) is 8.43. The molecule has 1 aliphatic carbocycles. The molecule has 4 nitrogen and oxygen atoms in total. The van der Waals surface area contributed by atoms with E-state index in [9.17, 15) is 5.11 Å². The minimum atomic E-state index is -0.551. The number of hydrogen-bond acceptors (Lipinski definition) is 4. The quantitative estimate of drug-likeness (QED) is 0.482. The molecule has 4 heteroatoms. The van der Waals surface area contributed by atoms with E-state index in [4.69, 9.17) is 14.2 Å². The van der Waals surface area contributed by atoms with E-state index in [2.05, 4.69) is 24.3 Å². The molecule has 0 aliphatic heterocycles. The second kappa shape index (κ2) is 11.9. The lowest BCUT2D eigenvalue weighted by Crippen LogP contribution is -2.50. The molecule has 4 atom stereocenters. The summed E-state index contributed by atoms with van der Waals surface area (Å²) in [5.41, 5.74) is 3.35. The molecule has 0 saturated heterocycles. The summed E-state index contributed by atoms with van der Waals surface area (Å²) in [4.78, 5) is 0. The third kappa shape index (κ3) is 6.50. The fraction of sp³-hybridized carbons (Fsp3) is 0.357. The molecule has 0 aromatic heterocycles. The lowest BCUT2D eigenvalue weighted by Gasteiger charge is -2.40. The summed E-state index contributed by atoms with van der Waals surface area (Å²) in [7, 11) is 0.